The van der Waals surface area contributed by atoms with Gasteiger partial charge in [0, 0.05) is 41.5 Å². The molecule has 0 amide bonds. The van der Waals surface area contributed by atoms with E-state index >= 15 is 0 Å². The zero-order valence-corrected chi connectivity index (χ0v) is 13.4. The molecule has 4 nitrogen and oxygen atoms in total. The highest BCUT2D eigenvalue weighted by atomic mass is 32.1. The molecule has 112 valence electrons. The van der Waals surface area contributed by atoms with Gasteiger partial charge in [0.15, 0.2) is 0 Å². The van der Waals surface area contributed by atoms with E-state index in [1.807, 2.05) is 12.4 Å². The van der Waals surface area contributed by atoms with Gasteiger partial charge in [0.2, 0.25) is 5.95 Å². The summed E-state index contributed by atoms with van der Waals surface area (Å²) in [6.45, 7) is 6.04. The van der Waals surface area contributed by atoms with E-state index in [1.165, 1.54) is 17.7 Å². The van der Waals surface area contributed by atoms with Gasteiger partial charge in [-0.25, -0.2) is 9.97 Å². The van der Waals surface area contributed by atoms with Crippen LogP contribution in [0.2, 0.25) is 0 Å². The number of hydrogen-bond acceptors (Lipinski definition) is 5. The zero-order chi connectivity index (χ0) is 14.7. The molecular weight excluding hydrogens is 280 g/mol. The van der Waals surface area contributed by atoms with Crippen molar-refractivity contribution in [3.8, 4) is 0 Å². The summed E-state index contributed by atoms with van der Waals surface area (Å²) >= 11 is 1.80. The summed E-state index contributed by atoms with van der Waals surface area (Å²) in [5.74, 6) is 0.860. The van der Waals surface area contributed by atoms with Gasteiger partial charge in [-0.1, -0.05) is 19.9 Å². The average Bonchev–Trinajstić information content (AvgIpc) is 3.20. The third kappa shape index (κ3) is 4.02. The lowest BCUT2D eigenvalue weighted by molar-refractivity contribution is 0.586. The minimum atomic E-state index is 0.478. The van der Waals surface area contributed by atoms with Gasteiger partial charge in [0.1, 0.15) is 0 Å². The van der Waals surface area contributed by atoms with Crippen LogP contribution in [-0.2, 0) is 13.1 Å². The van der Waals surface area contributed by atoms with Crippen LogP contribution in [0.4, 0.5) is 5.95 Å². The Bertz CT molecular complexity index is 546. The van der Waals surface area contributed by atoms with Gasteiger partial charge in [-0.15, -0.1) is 11.3 Å². The third-order valence-corrected chi connectivity index (χ3v) is 4.42. The molecule has 0 aliphatic heterocycles. The highest BCUT2D eigenvalue weighted by molar-refractivity contribution is 7.09. The minimum Gasteiger partial charge on any atom is -0.333 e. The summed E-state index contributed by atoms with van der Waals surface area (Å²) in [4.78, 5) is 12.9. The number of aromatic nitrogens is 2. The standard InChI is InChI=1S/C16H22N4S/c1-12(2)17-8-13-9-18-16(19-10-13)20(14-5-6-14)11-15-4-3-7-21-15/h3-4,7,9-10,12,14,17H,5-6,8,11H2,1-2H3. The summed E-state index contributed by atoms with van der Waals surface area (Å²) in [5.41, 5.74) is 1.14. The highest BCUT2D eigenvalue weighted by Crippen LogP contribution is 2.31. The highest BCUT2D eigenvalue weighted by Gasteiger charge is 2.31. The first-order chi connectivity index (χ1) is 10.2. The number of thiophene rings is 1. The molecule has 1 saturated carbocycles. The molecule has 21 heavy (non-hydrogen) atoms. The minimum absolute atomic E-state index is 0.478. The lowest BCUT2D eigenvalue weighted by Crippen LogP contribution is -2.27. The summed E-state index contributed by atoms with van der Waals surface area (Å²) in [6.07, 6.45) is 6.40. The molecule has 0 unspecified atom stereocenters. The molecule has 3 rings (SSSR count). The zero-order valence-electron chi connectivity index (χ0n) is 12.6. The number of nitrogens with one attached hydrogen (secondary N) is 1. The molecule has 1 fully saturated rings. The van der Waals surface area contributed by atoms with Crippen LogP contribution in [0.3, 0.4) is 0 Å². The predicted molar refractivity (Wildman–Crippen MR) is 87.5 cm³/mol. The van der Waals surface area contributed by atoms with Crippen molar-refractivity contribution in [1.29, 1.82) is 0 Å². The van der Waals surface area contributed by atoms with Crippen LogP contribution in [0, 0.1) is 0 Å². The van der Waals surface area contributed by atoms with Gasteiger partial charge in [-0.05, 0) is 24.3 Å². The first-order valence-electron chi connectivity index (χ1n) is 7.55. The number of hydrogen-bond donors (Lipinski definition) is 1. The summed E-state index contributed by atoms with van der Waals surface area (Å²) in [5, 5.41) is 5.52. The molecule has 2 aromatic rings. The molecule has 5 heteroatoms. The molecule has 0 radical (unpaired) electrons. The maximum atomic E-state index is 4.58. The van der Waals surface area contributed by atoms with E-state index < -0.39 is 0 Å². The number of anilines is 1. The summed E-state index contributed by atoms with van der Waals surface area (Å²) < 4.78 is 0. The maximum Gasteiger partial charge on any atom is 0.225 e. The Morgan fingerprint density at radius 1 is 1.33 bits per heavy atom. The van der Waals surface area contributed by atoms with Crippen LogP contribution < -0.4 is 10.2 Å². The monoisotopic (exact) mass is 302 g/mol. The van der Waals surface area contributed by atoms with E-state index in [0.29, 0.717) is 12.1 Å². The Morgan fingerprint density at radius 3 is 2.67 bits per heavy atom. The van der Waals surface area contributed by atoms with Crippen LogP contribution >= 0.6 is 11.3 Å². The molecule has 0 aromatic carbocycles. The van der Waals surface area contributed by atoms with Crippen molar-refractivity contribution in [3.05, 3.63) is 40.3 Å². The van der Waals surface area contributed by atoms with Crippen molar-refractivity contribution in [2.75, 3.05) is 4.90 Å². The molecule has 2 heterocycles. The molecule has 1 aliphatic rings. The predicted octanol–water partition coefficient (Wildman–Crippen LogP) is 3.21. The first kappa shape index (κ1) is 14.5. The second-order valence-corrected chi connectivity index (χ2v) is 6.90. The molecule has 0 bridgehead atoms. The average molecular weight is 302 g/mol. The van der Waals surface area contributed by atoms with Gasteiger partial charge in [0.05, 0.1) is 6.54 Å². The van der Waals surface area contributed by atoms with E-state index in [2.05, 4.69) is 51.5 Å². The van der Waals surface area contributed by atoms with E-state index in [4.69, 9.17) is 0 Å². The molecule has 1 aliphatic carbocycles. The lowest BCUT2D eigenvalue weighted by atomic mass is 10.3. The van der Waals surface area contributed by atoms with Gasteiger partial charge in [0.25, 0.3) is 0 Å². The molecule has 0 spiro atoms. The summed E-state index contributed by atoms with van der Waals surface area (Å²) in [6, 6.07) is 5.38. The van der Waals surface area contributed by atoms with Crippen molar-refractivity contribution in [3.63, 3.8) is 0 Å². The van der Waals surface area contributed by atoms with Crippen molar-refractivity contribution in [1.82, 2.24) is 15.3 Å². The van der Waals surface area contributed by atoms with Crippen molar-refractivity contribution in [2.45, 2.75) is 51.9 Å². The molecule has 1 N–H and O–H groups in total. The Balaban J connectivity index is 1.68. The molecule has 0 atom stereocenters. The topological polar surface area (TPSA) is 41.1 Å². The fourth-order valence-electron chi connectivity index (χ4n) is 2.23. The smallest absolute Gasteiger partial charge is 0.225 e. The van der Waals surface area contributed by atoms with Gasteiger partial charge in [-0.3, -0.25) is 0 Å². The Labute approximate surface area is 130 Å². The first-order valence-corrected chi connectivity index (χ1v) is 8.43. The lowest BCUT2D eigenvalue weighted by Gasteiger charge is -2.21. The SMILES string of the molecule is CC(C)NCc1cnc(N(Cc2cccs2)C2CC2)nc1. The van der Waals surface area contributed by atoms with Gasteiger partial charge >= 0.3 is 0 Å². The van der Waals surface area contributed by atoms with Gasteiger partial charge < -0.3 is 10.2 Å². The van der Waals surface area contributed by atoms with Crippen LogP contribution in [0.5, 0.6) is 0 Å². The number of rotatable bonds is 7. The second-order valence-electron chi connectivity index (χ2n) is 5.87. The fourth-order valence-corrected chi connectivity index (χ4v) is 2.93. The van der Waals surface area contributed by atoms with Crippen LogP contribution in [0.25, 0.3) is 0 Å². The molecule has 2 aromatic heterocycles. The maximum absolute atomic E-state index is 4.58. The fraction of sp³-hybridized carbons (Fsp3) is 0.500. The van der Waals surface area contributed by atoms with Crippen LogP contribution in [0.1, 0.15) is 37.1 Å². The quantitative estimate of drug-likeness (QED) is 0.853. The normalized spacial score (nSPS) is 14.6. The van der Waals surface area contributed by atoms with Crippen molar-refractivity contribution >= 4 is 17.3 Å². The van der Waals surface area contributed by atoms with Gasteiger partial charge in [-0.2, -0.15) is 0 Å². The second kappa shape index (κ2) is 6.54. The van der Waals surface area contributed by atoms with E-state index in [1.54, 1.807) is 11.3 Å². The van der Waals surface area contributed by atoms with Crippen molar-refractivity contribution < 1.29 is 0 Å². The molecular formula is C16H22N4S. The number of nitrogens with zero attached hydrogens (tertiary/aromatic N) is 3. The Hall–Kier alpha value is -1.46. The Kier molecular flexibility index (Phi) is 4.51. The van der Waals surface area contributed by atoms with Crippen molar-refractivity contribution in [2.24, 2.45) is 0 Å². The van der Waals surface area contributed by atoms with E-state index in [-0.39, 0.29) is 0 Å². The Morgan fingerprint density at radius 2 is 2.10 bits per heavy atom. The van der Waals surface area contributed by atoms with E-state index in [9.17, 15) is 0 Å². The van der Waals surface area contributed by atoms with E-state index in [0.717, 1.165) is 24.6 Å². The summed E-state index contributed by atoms with van der Waals surface area (Å²) in [7, 11) is 0. The van der Waals surface area contributed by atoms with Crippen LogP contribution in [0.15, 0.2) is 29.9 Å². The third-order valence-electron chi connectivity index (χ3n) is 3.56. The van der Waals surface area contributed by atoms with Crippen LogP contribution in [-0.4, -0.2) is 22.1 Å². The largest absolute Gasteiger partial charge is 0.333 e. The molecule has 0 saturated heterocycles.